The molecule has 1 heterocycles. The summed E-state index contributed by atoms with van der Waals surface area (Å²) < 4.78 is 40.7. The average Bonchev–Trinajstić information content (AvgIpc) is 2.16. The Labute approximate surface area is 81.2 Å². The zero-order chi connectivity index (χ0) is 11.1. The Morgan fingerprint density at radius 3 is 2.53 bits per heavy atom. The summed E-state index contributed by atoms with van der Waals surface area (Å²) in [6.45, 7) is 0. The highest BCUT2D eigenvalue weighted by Gasteiger charge is 2.37. The van der Waals surface area contributed by atoms with E-state index in [1.54, 1.807) is 0 Å². The van der Waals surface area contributed by atoms with E-state index >= 15 is 0 Å². The van der Waals surface area contributed by atoms with Crippen molar-refractivity contribution in [3.05, 3.63) is 40.6 Å². The lowest BCUT2D eigenvalue weighted by molar-refractivity contribution is -0.158. The van der Waals surface area contributed by atoms with E-state index in [9.17, 15) is 18.0 Å². The van der Waals surface area contributed by atoms with Crippen LogP contribution in [0.5, 0.6) is 0 Å². The van der Waals surface area contributed by atoms with Crippen LogP contribution in [0, 0.1) is 0 Å². The lowest BCUT2D eigenvalue weighted by Gasteiger charge is -2.03. The number of hydrogen-bond donors (Lipinski definition) is 0. The van der Waals surface area contributed by atoms with Crippen molar-refractivity contribution in [3.8, 4) is 0 Å². The van der Waals surface area contributed by atoms with Crippen LogP contribution in [0.4, 0.5) is 13.2 Å². The minimum Gasteiger partial charge on any atom is -0.398 e. The van der Waals surface area contributed by atoms with E-state index in [-0.39, 0.29) is 10.9 Å². The molecule has 3 nitrogen and oxygen atoms in total. The van der Waals surface area contributed by atoms with Crippen molar-refractivity contribution in [2.75, 3.05) is 0 Å². The van der Waals surface area contributed by atoms with Crippen molar-refractivity contribution in [2.24, 2.45) is 0 Å². The smallest absolute Gasteiger partial charge is 0.398 e. The van der Waals surface area contributed by atoms with E-state index in [0.717, 1.165) is 0 Å². The number of hydrogen-bond acceptors (Lipinski definition) is 3. The molecule has 0 aliphatic rings. The third-order valence-electron chi connectivity index (χ3n) is 1.78. The van der Waals surface area contributed by atoms with E-state index in [0.29, 0.717) is 0 Å². The summed E-state index contributed by atoms with van der Waals surface area (Å²) in [5.41, 5.74) is -1.06. The predicted molar refractivity (Wildman–Crippen MR) is 45.3 cm³/mol. The monoisotopic (exact) mass is 215 g/mol. The average molecular weight is 215 g/mol. The highest BCUT2D eigenvalue weighted by Crippen LogP contribution is 2.27. The van der Waals surface area contributed by atoms with Gasteiger partial charge in [-0.15, -0.1) is 0 Å². The summed E-state index contributed by atoms with van der Waals surface area (Å²) in [4.78, 5) is 14.4. The fourth-order valence-electron chi connectivity index (χ4n) is 1.14. The molecule has 0 N–H and O–H groups in total. The molecule has 0 bridgehead atoms. The van der Waals surface area contributed by atoms with Gasteiger partial charge in [-0.2, -0.15) is 13.2 Å². The topological polar surface area (TPSA) is 43.1 Å². The van der Waals surface area contributed by atoms with Crippen molar-refractivity contribution in [1.29, 1.82) is 0 Å². The molecule has 0 fully saturated rings. The van der Waals surface area contributed by atoms with Gasteiger partial charge in [0, 0.05) is 0 Å². The van der Waals surface area contributed by atoms with Gasteiger partial charge < -0.3 is 4.42 Å². The first-order valence-electron chi connectivity index (χ1n) is 3.95. The Morgan fingerprint density at radius 1 is 1.20 bits per heavy atom. The predicted octanol–water partition coefficient (Wildman–Crippen LogP) is 2.21. The van der Waals surface area contributed by atoms with Gasteiger partial charge in [0.25, 0.3) is 0 Å². The van der Waals surface area contributed by atoms with Crippen LogP contribution in [0.15, 0.2) is 33.5 Å². The molecule has 0 unspecified atom stereocenters. The van der Waals surface area contributed by atoms with Crippen molar-refractivity contribution in [1.82, 2.24) is 4.98 Å². The second-order valence-corrected chi connectivity index (χ2v) is 2.82. The SMILES string of the molecule is O=c1oc(C(F)(F)F)nc2ccccc12. The zero-order valence-corrected chi connectivity index (χ0v) is 7.21. The highest BCUT2D eigenvalue weighted by molar-refractivity contribution is 5.76. The fraction of sp³-hybridized carbons (Fsp3) is 0.111. The number of aromatic nitrogens is 1. The van der Waals surface area contributed by atoms with Crippen LogP contribution in [0.25, 0.3) is 10.9 Å². The summed E-state index contributed by atoms with van der Waals surface area (Å²) in [5.74, 6) is -1.52. The van der Waals surface area contributed by atoms with Crippen LogP contribution in [0.1, 0.15) is 5.89 Å². The van der Waals surface area contributed by atoms with Crippen LogP contribution >= 0.6 is 0 Å². The molecule has 0 radical (unpaired) electrons. The van der Waals surface area contributed by atoms with Crippen molar-refractivity contribution in [3.63, 3.8) is 0 Å². The third-order valence-corrected chi connectivity index (χ3v) is 1.78. The molecule has 1 aromatic carbocycles. The maximum Gasteiger partial charge on any atom is 0.469 e. The number of halogens is 3. The Hall–Kier alpha value is -1.85. The second-order valence-electron chi connectivity index (χ2n) is 2.82. The van der Waals surface area contributed by atoms with Gasteiger partial charge in [-0.1, -0.05) is 12.1 Å². The molecular weight excluding hydrogens is 211 g/mol. The maximum atomic E-state index is 12.2. The molecular formula is C9H4F3NO2. The van der Waals surface area contributed by atoms with Crippen LogP contribution in [0.2, 0.25) is 0 Å². The van der Waals surface area contributed by atoms with Gasteiger partial charge in [0.05, 0.1) is 10.9 Å². The van der Waals surface area contributed by atoms with Crippen LogP contribution in [-0.2, 0) is 6.18 Å². The molecule has 0 aliphatic heterocycles. The normalized spacial score (nSPS) is 11.9. The van der Waals surface area contributed by atoms with Gasteiger partial charge >= 0.3 is 17.7 Å². The van der Waals surface area contributed by atoms with E-state index < -0.39 is 17.7 Å². The molecule has 2 aromatic rings. The highest BCUT2D eigenvalue weighted by atomic mass is 19.4. The maximum absolute atomic E-state index is 12.2. The van der Waals surface area contributed by atoms with E-state index in [4.69, 9.17) is 0 Å². The van der Waals surface area contributed by atoms with Gasteiger partial charge in [0.1, 0.15) is 0 Å². The summed E-state index contributed by atoms with van der Waals surface area (Å²) >= 11 is 0. The lowest BCUT2D eigenvalue weighted by Crippen LogP contribution is -2.13. The Kier molecular flexibility index (Phi) is 1.99. The summed E-state index contributed by atoms with van der Waals surface area (Å²) in [6.07, 6.45) is -4.75. The minimum absolute atomic E-state index is 0.0268. The first-order valence-corrected chi connectivity index (χ1v) is 3.95. The number of para-hydroxylation sites is 1. The number of fused-ring (bicyclic) bond motifs is 1. The Balaban J connectivity index is 2.79. The lowest BCUT2D eigenvalue weighted by atomic mass is 10.2. The third kappa shape index (κ3) is 1.70. The van der Waals surface area contributed by atoms with Crippen LogP contribution in [-0.4, -0.2) is 4.98 Å². The van der Waals surface area contributed by atoms with Crippen molar-refractivity contribution in [2.45, 2.75) is 6.18 Å². The molecule has 6 heteroatoms. The van der Waals surface area contributed by atoms with Gasteiger partial charge in [-0.3, -0.25) is 0 Å². The van der Waals surface area contributed by atoms with E-state index in [2.05, 4.69) is 9.40 Å². The minimum atomic E-state index is -4.75. The number of rotatable bonds is 0. The quantitative estimate of drug-likeness (QED) is 0.676. The molecule has 0 aliphatic carbocycles. The van der Waals surface area contributed by atoms with E-state index in [1.165, 1.54) is 24.3 Å². The Bertz CT molecular complexity index is 559. The first kappa shape index (κ1) is 9.70. The summed E-state index contributed by atoms with van der Waals surface area (Å²) in [7, 11) is 0. The zero-order valence-electron chi connectivity index (χ0n) is 7.21. The van der Waals surface area contributed by atoms with Gasteiger partial charge in [0.15, 0.2) is 0 Å². The molecule has 1 aromatic heterocycles. The number of benzene rings is 1. The Morgan fingerprint density at radius 2 is 1.87 bits per heavy atom. The van der Waals surface area contributed by atoms with Gasteiger partial charge in [-0.05, 0) is 12.1 Å². The molecule has 78 valence electrons. The number of nitrogens with zero attached hydrogens (tertiary/aromatic N) is 1. The molecule has 2 rings (SSSR count). The fourth-order valence-corrected chi connectivity index (χ4v) is 1.14. The van der Waals surface area contributed by atoms with Gasteiger partial charge in [-0.25, -0.2) is 9.78 Å². The first-order chi connectivity index (χ1) is 6.98. The molecule has 0 spiro atoms. The van der Waals surface area contributed by atoms with Crippen LogP contribution < -0.4 is 5.63 Å². The van der Waals surface area contributed by atoms with Crippen molar-refractivity contribution < 1.29 is 17.6 Å². The largest absolute Gasteiger partial charge is 0.469 e. The van der Waals surface area contributed by atoms with Gasteiger partial charge in [0.2, 0.25) is 0 Å². The molecule has 0 saturated heterocycles. The second kappa shape index (κ2) is 3.08. The molecule has 0 saturated carbocycles. The standard InChI is InChI=1S/C9H4F3NO2/c10-9(11,12)8-13-6-4-2-1-3-5(6)7(14)15-8/h1-4H. The molecule has 0 amide bonds. The molecule has 15 heavy (non-hydrogen) atoms. The van der Waals surface area contributed by atoms with E-state index in [1.807, 2.05) is 0 Å². The number of alkyl halides is 3. The molecule has 0 atom stereocenters. The van der Waals surface area contributed by atoms with Crippen LogP contribution in [0.3, 0.4) is 0 Å². The van der Waals surface area contributed by atoms with Crippen molar-refractivity contribution >= 4 is 10.9 Å². The summed E-state index contributed by atoms with van der Waals surface area (Å²) in [5, 5.41) is 0.0329. The summed E-state index contributed by atoms with van der Waals surface area (Å²) in [6, 6.07) is 5.69.